The monoisotopic (exact) mass is 190 g/mol. The van der Waals surface area contributed by atoms with E-state index < -0.39 is 12.0 Å². The van der Waals surface area contributed by atoms with E-state index >= 15 is 0 Å². The fraction of sp³-hybridized carbons (Fsp3) is 0.750. The summed E-state index contributed by atoms with van der Waals surface area (Å²) >= 11 is 0. The lowest BCUT2D eigenvalue weighted by molar-refractivity contribution is -0.138. The molecule has 4 N–H and O–H groups in total. The van der Waals surface area contributed by atoms with E-state index in [1.54, 1.807) is 7.05 Å². The molecule has 0 aromatic carbocycles. The molecule has 0 fully saturated rings. The summed E-state index contributed by atoms with van der Waals surface area (Å²) < 4.78 is 0. The topological polar surface area (TPSA) is 75.3 Å². The van der Waals surface area contributed by atoms with Gasteiger partial charge in [-0.1, -0.05) is 0 Å². The van der Waals surface area contributed by atoms with Crippen LogP contribution in [0.1, 0.15) is 0 Å². The quantitative estimate of drug-likeness (QED) is 0.560. The molecule has 0 unspecified atom stereocenters. The number of carbonyl (C=O) groups is 1. The summed E-state index contributed by atoms with van der Waals surface area (Å²) in [5, 5.41) is 10.8. The van der Waals surface area contributed by atoms with Gasteiger partial charge in [0.25, 0.3) is 0 Å². The minimum atomic E-state index is -0.973. The van der Waals surface area contributed by atoms with Crippen LogP contribution in [0.2, 0.25) is 0 Å². The van der Waals surface area contributed by atoms with Crippen molar-refractivity contribution in [1.82, 2.24) is 5.32 Å². The van der Waals surface area contributed by atoms with E-state index in [-0.39, 0.29) is 24.8 Å². The molecule has 6 heteroatoms. The highest BCUT2D eigenvalue weighted by Gasteiger charge is 2.07. The standard InChI is InChI=1S/C4H10N2O2.2ClH/c1-6-2-3(5)4(7)8;;/h3,6H,2,5H2,1H3,(H,7,8);2*1H/t3-;;/m0../s1. The van der Waals surface area contributed by atoms with Gasteiger partial charge in [-0.05, 0) is 7.05 Å². The van der Waals surface area contributed by atoms with Gasteiger partial charge in [-0.2, -0.15) is 0 Å². The Hall–Kier alpha value is -0.0300. The molecule has 10 heavy (non-hydrogen) atoms. The van der Waals surface area contributed by atoms with E-state index in [0.717, 1.165) is 0 Å². The van der Waals surface area contributed by atoms with Crippen molar-refractivity contribution in [3.8, 4) is 0 Å². The van der Waals surface area contributed by atoms with Crippen LogP contribution in [0.5, 0.6) is 0 Å². The maximum Gasteiger partial charge on any atom is 0.321 e. The summed E-state index contributed by atoms with van der Waals surface area (Å²) in [5.41, 5.74) is 5.06. The summed E-state index contributed by atoms with van der Waals surface area (Å²) in [7, 11) is 1.66. The number of hydrogen-bond donors (Lipinski definition) is 3. The van der Waals surface area contributed by atoms with Crippen LogP contribution in [0.15, 0.2) is 0 Å². The van der Waals surface area contributed by atoms with Gasteiger partial charge in [0.15, 0.2) is 0 Å². The highest BCUT2D eigenvalue weighted by molar-refractivity contribution is 5.85. The van der Waals surface area contributed by atoms with Crippen molar-refractivity contribution >= 4 is 30.8 Å². The number of carboxylic acid groups (broad SMARTS) is 1. The molecule has 0 saturated heterocycles. The Bertz CT molecular complexity index is 91.3. The molecule has 0 aliphatic carbocycles. The number of hydrogen-bond acceptors (Lipinski definition) is 3. The van der Waals surface area contributed by atoms with Crippen LogP contribution < -0.4 is 11.1 Å². The maximum atomic E-state index is 9.92. The molecule has 64 valence electrons. The second kappa shape index (κ2) is 8.97. The van der Waals surface area contributed by atoms with E-state index in [0.29, 0.717) is 6.54 Å². The normalized spacial score (nSPS) is 10.6. The molecule has 0 spiro atoms. The highest BCUT2D eigenvalue weighted by Crippen LogP contribution is 1.71. The van der Waals surface area contributed by atoms with Crippen LogP contribution in [0, 0.1) is 0 Å². The second-order valence-electron chi connectivity index (χ2n) is 1.50. The molecule has 0 heterocycles. The van der Waals surface area contributed by atoms with E-state index in [9.17, 15) is 4.79 Å². The smallest absolute Gasteiger partial charge is 0.321 e. The second-order valence-corrected chi connectivity index (χ2v) is 1.50. The summed E-state index contributed by atoms with van der Waals surface area (Å²) in [6.45, 7) is 0.315. The molecule has 0 aromatic rings. The first-order valence-corrected chi connectivity index (χ1v) is 2.31. The van der Waals surface area contributed by atoms with Gasteiger partial charge >= 0.3 is 5.97 Å². The fourth-order valence-electron chi connectivity index (χ4n) is 0.307. The van der Waals surface area contributed by atoms with Crippen molar-refractivity contribution in [3.05, 3.63) is 0 Å². The zero-order valence-electron chi connectivity index (χ0n) is 5.53. The molecular formula is C4H12Cl2N2O2. The zero-order valence-corrected chi connectivity index (χ0v) is 7.17. The fourth-order valence-corrected chi connectivity index (χ4v) is 0.307. The summed E-state index contributed by atoms with van der Waals surface area (Å²) in [6.07, 6.45) is 0. The first kappa shape index (κ1) is 16.5. The first-order valence-electron chi connectivity index (χ1n) is 2.31. The number of likely N-dealkylation sites (N-methyl/N-ethyl adjacent to an activating group) is 1. The predicted octanol–water partition coefficient (Wildman–Crippen LogP) is -0.539. The van der Waals surface area contributed by atoms with Crippen LogP contribution in [0.25, 0.3) is 0 Å². The molecule has 0 radical (unpaired) electrons. The minimum Gasteiger partial charge on any atom is -0.480 e. The zero-order chi connectivity index (χ0) is 6.57. The van der Waals surface area contributed by atoms with Crippen molar-refractivity contribution in [2.75, 3.05) is 13.6 Å². The third-order valence-electron chi connectivity index (χ3n) is 0.741. The summed E-state index contributed by atoms with van der Waals surface area (Å²) in [4.78, 5) is 9.92. The largest absolute Gasteiger partial charge is 0.480 e. The van der Waals surface area contributed by atoms with Crippen molar-refractivity contribution in [2.45, 2.75) is 6.04 Å². The van der Waals surface area contributed by atoms with Gasteiger partial charge in [0.1, 0.15) is 6.04 Å². The number of aliphatic carboxylic acids is 1. The molecule has 4 nitrogen and oxygen atoms in total. The van der Waals surface area contributed by atoms with E-state index in [4.69, 9.17) is 10.8 Å². The Kier molecular flexibility index (Phi) is 14.8. The van der Waals surface area contributed by atoms with Gasteiger partial charge in [0.2, 0.25) is 0 Å². The molecule has 0 bridgehead atoms. The first-order chi connectivity index (χ1) is 3.68. The average molecular weight is 191 g/mol. The molecule has 0 rings (SSSR count). The van der Waals surface area contributed by atoms with Crippen molar-refractivity contribution in [3.63, 3.8) is 0 Å². The highest BCUT2D eigenvalue weighted by atomic mass is 35.5. The Morgan fingerprint density at radius 2 is 2.10 bits per heavy atom. The molecule has 0 saturated carbocycles. The molecule has 0 amide bonds. The lowest BCUT2D eigenvalue weighted by atomic mass is 10.3. The molecule has 0 aliphatic rings. The van der Waals surface area contributed by atoms with Gasteiger partial charge in [0, 0.05) is 6.54 Å². The Labute approximate surface area is 72.0 Å². The van der Waals surface area contributed by atoms with Gasteiger partial charge in [0.05, 0.1) is 0 Å². The lowest BCUT2D eigenvalue weighted by Crippen LogP contribution is -2.38. The van der Waals surface area contributed by atoms with Gasteiger partial charge < -0.3 is 16.2 Å². The molecule has 0 aromatic heterocycles. The number of carboxylic acids is 1. The average Bonchev–Trinajstić information content (AvgIpc) is 1.67. The van der Waals surface area contributed by atoms with Crippen molar-refractivity contribution in [1.29, 1.82) is 0 Å². The van der Waals surface area contributed by atoms with Crippen LogP contribution in [0.4, 0.5) is 0 Å². The van der Waals surface area contributed by atoms with Gasteiger partial charge in [-0.3, -0.25) is 4.79 Å². The molecule has 1 atom stereocenters. The summed E-state index contributed by atoms with van der Waals surface area (Å²) in [6, 6.07) is -0.778. The Morgan fingerprint density at radius 3 is 2.20 bits per heavy atom. The number of nitrogens with two attached hydrogens (primary N) is 1. The van der Waals surface area contributed by atoms with Crippen molar-refractivity contribution < 1.29 is 9.90 Å². The Balaban J connectivity index is -0.000000245. The lowest BCUT2D eigenvalue weighted by Gasteiger charge is -2.02. The predicted molar refractivity (Wildman–Crippen MR) is 44.0 cm³/mol. The Morgan fingerprint density at radius 1 is 1.70 bits per heavy atom. The van der Waals surface area contributed by atoms with E-state index in [1.807, 2.05) is 0 Å². The van der Waals surface area contributed by atoms with E-state index in [1.165, 1.54) is 0 Å². The third kappa shape index (κ3) is 7.97. The SMILES string of the molecule is CNC[C@H](N)C(=O)O.Cl.Cl. The number of halogens is 2. The van der Waals surface area contributed by atoms with Crippen LogP contribution >= 0.6 is 24.8 Å². The van der Waals surface area contributed by atoms with Crippen LogP contribution in [-0.4, -0.2) is 30.7 Å². The molecular weight excluding hydrogens is 179 g/mol. The molecule has 0 aliphatic heterocycles. The van der Waals surface area contributed by atoms with E-state index in [2.05, 4.69) is 5.32 Å². The maximum absolute atomic E-state index is 9.92. The summed E-state index contributed by atoms with van der Waals surface area (Å²) in [5.74, 6) is -0.973. The minimum absolute atomic E-state index is 0. The number of rotatable bonds is 3. The number of nitrogens with one attached hydrogen (secondary N) is 1. The van der Waals surface area contributed by atoms with Crippen LogP contribution in [-0.2, 0) is 4.79 Å². The van der Waals surface area contributed by atoms with Crippen molar-refractivity contribution in [2.24, 2.45) is 5.73 Å². The third-order valence-corrected chi connectivity index (χ3v) is 0.741. The van der Waals surface area contributed by atoms with Gasteiger partial charge in [-0.25, -0.2) is 0 Å². The van der Waals surface area contributed by atoms with Gasteiger partial charge in [-0.15, -0.1) is 24.8 Å². The van der Waals surface area contributed by atoms with Crippen LogP contribution in [0.3, 0.4) is 0 Å².